The molecule has 1 aromatic heterocycles. The normalized spacial score (nSPS) is 12.4. The van der Waals surface area contributed by atoms with Crippen molar-refractivity contribution in [2.24, 2.45) is 0 Å². The van der Waals surface area contributed by atoms with Crippen LogP contribution < -0.4 is 4.72 Å². The molecular weight excluding hydrogens is 358 g/mol. The summed E-state index contributed by atoms with van der Waals surface area (Å²) < 4.78 is 28.5. The van der Waals surface area contributed by atoms with Gasteiger partial charge in [-0.05, 0) is 45.1 Å². The van der Waals surface area contributed by atoms with Crippen molar-refractivity contribution >= 4 is 43.0 Å². The molecule has 0 aliphatic carbocycles. The average molecular weight is 374 g/mol. The van der Waals surface area contributed by atoms with Crippen LogP contribution in [-0.2, 0) is 15.4 Å². The Morgan fingerprint density at radius 3 is 2.30 bits per heavy atom. The van der Waals surface area contributed by atoms with Crippen LogP contribution in [0.3, 0.4) is 0 Å². The van der Waals surface area contributed by atoms with Crippen molar-refractivity contribution in [1.29, 1.82) is 0 Å². The van der Waals surface area contributed by atoms with Gasteiger partial charge in [0.05, 0.1) is 9.47 Å². The molecule has 0 bridgehead atoms. The molecule has 0 saturated carbocycles. The number of para-hydroxylation sites is 1. The van der Waals surface area contributed by atoms with Crippen molar-refractivity contribution in [3.63, 3.8) is 0 Å². The van der Waals surface area contributed by atoms with E-state index in [0.29, 0.717) is 9.90 Å². The molecular formula is C14H16BrNO2S2. The highest BCUT2D eigenvalue weighted by molar-refractivity contribution is 9.11. The van der Waals surface area contributed by atoms with E-state index in [1.807, 2.05) is 18.2 Å². The van der Waals surface area contributed by atoms with Crippen molar-refractivity contribution in [2.45, 2.75) is 30.4 Å². The van der Waals surface area contributed by atoms with Crippen LogP contribution in [0.2, 0.25) is 0 Å². The minimum atomic E-state index is -3.54. The summed E-state index contributed by atoms with van der Waals surface area (Å²) in [6, 6.07) is 10.8. The van der Waals surface area contributed by atoms with Crippen LogP contribution in [0.25, 0.3) is 0 Å². The fourth-order valence-electron chi connectivity index (χ4n) is 1.86. The molecule has 1 heterocycles. The first kappa shape index (κ1) is 15.5. The van der Waals surface area contributed by atoms with Crippen molar-refractivity contribution in [3.05, 3.63) is 45.7 Å². The van der Waals surface area contributed by atoms with Crippen molar-refractivity contribution in [2.75, 3.05) is 4.72 Å². The average Bonchev–Trinajstić information content (AvgIpc) is 2.75. The van der Waals surface area contributed by atoms with Crippen LogP contribution in [0.15, 0.2) is 44.4 Å². The molecule has 6 heteroatoms. The van der Waals surface area contributed by atoms with E-state index in [2.05, 4.69) is 41.4 Å². The van der Waals surface area contributed by atoms with Gasteiger partial charge in [0.1, 0.15) is 4.21 Å². The zero-order valence-electron chi connectivity index (χ0n) is 11.5. The first-order chi connectivity index (χ1) is 9.20. The maximum absolute atomic E-state index is 12.4. The molecule has 0 radical (unpaired) electrons. The maximum Gasteiger partial charge on any atom is 0.271 e. The third-order valence-corrected chi connectivity index (χ3v) is 6.27. The summed E-state index contributed by atoms with van der Waals surface area (Å²) in [5.74, 6) is 0. The van der Waals surface area contributed by atoms with E-state index in [-0.39, 0.29) is 5.41 Å². The maximum atomic E-state index is 12.4. The van der Waals surface area contributed by atoms with E-state index >= 15 is 0 Å². The first-order valence-corrected chi connectivity index (χ1v) is 9.17. The predicted octanol–water partition coefficient (Wildman–Crippen LogP) is 4.61. The van der Waals surface area contributed by atoms with Gasteiger partial charge in [-0.2, -0.15) is 0 Å². The van der Waals surface area contributed by atoms with Gasteiger partial charge < -0.3 is 0 Å². The van der Waals surface area contributed by atoms with Crippen LogP contribution in [0.4, 0.5) is 5.69 Å². The molecule has 0 fully saturated rings. The molecule has 0 atom stereocenters. The summed E-state index contributed by atoms with van der Waals surface area (Å²) in [6.07, 6.45) is 0. The molecule has 2 rings (SSSR count). The van der Waals surface area contributed by atoms with E-state index in [0.717, 1.165) is 9.35 Å². The lowest BCUT2D eigenvalue weighted by molar-refractivity contribution is 0.590. The van der Waals surface area contributed by atoms with Gasteiger partial charge in [0.2, 0.25) is 0 Å². The largest absolute Gasteiger partial charge is 0.279 e. The number of rotatable bonds is 3. The van der Waals surface area contributed by atoms with E-state index in [1.165, 1.54) is 11.3 Å². The second-order valence-electron chi connectivity index (χ2n) is 5.46. The minimum Gasteiger partial charge on any atom is -0.279 e. The molecule has 0 aliphatic rings. The third kappa shape index (κ3) is 3.42. The summed E-state index contributed by atoms with van der Waals surface area (Å²) >= 11 is 4.48. The van der Waals surface area contributed by atoms with E-state index < -0.39 is 10.0 Å². The molecule has 0 unspecified atom stereocenters. The molecule has 20 heavy (non-hydrogen) atoms. The minimum absolute atomic E-state index is 0.130. The van der Waals surface area contributed by atoms with Gasteiger partial charge in [-0.3, -0.25) is 4.72 Å². The lowest BCUT2D eigenvalue weighted by atomic mass is 9.86. The summed E-state index contributed by atoms with van der Waals surface area (Å²) in [5.41, 5.74) is 1.47. The Bertz CT molecular complexity index is 715. The number of halogens is 1. The van der Waals surface area contributed by atoms with Crippen molar-refractivity contribution < 1.29 is 8.42 Å². The number of hydrogen-bond donors (Lipinski definition) is 1. The number of hydrogen-bond acceptors (Lipinski definition) is 3. The van der Waals surface area contributed by atoms with Gasteiger partial charge in [-0.15, -0.1) is 11.3 Å². The smallest absolute Gasteiger partial charge is 0.271 e. The number of thiophene rings is 1. The summed E-state index contributed by atoms with van der Waals surface area (Å²) in [5, 5.41) is 0. The third-order valence-electron chi connectivity index (χ3n) is 2.79. The molecule has 0 saturated heterocycles. The van der Waals surface area contributed by atoms with Crippen molar-refractivity contribution in [1.82, 2.24) is 0 Å². The highest BCUT2D eigenvalue weighted by Gasteiger charge is 2.22. The molecule has 1 aromatic carbocycles. The predicted molar refractivity (Wildman–Crippen MR) is 88.0 cm³/mol. The van der Waals surface area contributed by atoms with Crippen LogP contribution >= 0.6 is 27.3 Å². The highest BCUT2D eigenvalue weighted by atomic mass is 79.9. The molecule has 0 amide bonds. The van der Waals surface area contributed by atoms with Gasteiger partial charge >= 0.3 is 0 Å². The quantitative estimate of drug-likeness (QED) is 0.853. The molecule has 2 aromatic rings. The van der Waals surface area contributed by atoms with Crippen LogP contribution in [-0.4, -0.2) is 8.42 Å². The molecule has 3 nitrogen and oxygen atoms in total. The van der Waals surface area contributed by atoms with Crippen molar-refractivity contribution in [3.8, 4) is 0 Å². The van der Waals surface area contributed by atoms with Gasteiger partial charge in [0.15, 0.2) is 0 Å². The highest BCUT2D eigenvalue weighted by Crippen LogP contribution is 2.32. The lowest BCUT2D eigenvalue weighted by Crippen LogP contribution is -2.18. The Labute approximate surface area is 132 Å². The summed E-state index contributed by atoms with van der Waals surface area (Å²) in [4.78, 5) is 0. The molecule has 1 N–H and O–H groups in total. The van der Waals surface area contributed by atoms with Crippen LogP contribution in [0.1, 0.15) is 26.3 Å². The fourth-order valence-corrected chi connectivity index (χ4v) is 4.95. The van der Waals surface area contributed by atoms with E-state index in [4.69, 9.17) is 0 Å². The summed E-state index contributed by atoms with van der Waals surface area (Å²) in [6.45, 7) is 6.17. The van der Waals surface area contributed by atoms with Gasteiger partial charge in [0.25, 0.3) is 10.0 Å². The Kier molecular flexibility index (Phi) is 4.27. The Morgan fingerprint density at radius 2 is 1.75 bits per heavy atom. The number of sulfonamides is 1. The molecule has 0 aliphatic heterocycles. The monoisotopic (exact) mass is 373 g/mol. The topological polar surface area (TPSA) is 46.2 Å². The zero-order chi connectivity index (χ0) is 15.0. The number of anilines is 1. The standard InChI is InChI=1S/C14H16BrNO2S2/c1-14(2,3)10-6-4-5-7-11(10)16-20(17,18)13-9-8-12(15)19-13/h4-9,16H,1-3H3. The summed E-state index contributed by atoms with van der Waals surface area (Å²) in [7, 11) is -3.54. The number of benzene rings is 1. The Balaban J connectivity index is 2.40. The van der Waals surface area contributed by atoms with Gasteiger partial charge in [0, 0.05) is 0 Å². The Hall–Kier alpha value is -0.850. The van der Waals surface area contributed by atoms with Gasteiger partial charge in [-0.25, -0.2) is 8.42 Å². The van der Waals surface area contributed by atoms with Crippen LogP contribution in [0, 0.1) is 0 Å². The molecule has 0 spiro atoms. The van der Waals surface area contributed by atoms with Gasteiger partial charge in [-0.1, -0.05) is 39.0 Å². The Morgan fingerprint density at radius 1 is 1.10 bits per heavy atom. The number of nitrogens with one attached hydrogen (secondary N) is 1. The van der Waals surface area contributed by atoms with E-state index in [9.17, 15) is 8.42 Å². The zero-order valence-corrected chi connectivity index (χ0v) is 14.7. The van der Waals surface area contributed by atoms with E-state index in [1.54, 1.807) is 18.2 Å². The molecule has 108 valence electrons. The van der Waals surface area contributed by atoms with Crippen LogP contribution in [0.5, 0.6) is 0 Å². The fraction of sp³-hybridized carbons (Fsp3) is 0.286. The second-order valence-corrected chi connectivity index (χ2v) is 9.83. The SMILES string of the molecule is CC(C)(C)c1ccccc1NS(=O)(=O)c1ccc(Br)s1. The first-order valence-electron chi connectivity index (χ1n) is 6.08. The second kappa shape index (κ2) is 5.50. The lowest BCUT2D eigenvalue weighted by Gasteiger charge is -2.23.